The molecule has 0 aliphatic carbocycles. The van der Waals surface area contributed by atoms with E-state index >= 15 is 0 Å². The second-order valence-corrected chi connectivity index (χ2v) is 7.91. The monoisotopic (exact) mass is 315 g/mol. The van der Waals surface area contributed by atoms with Crippen LogP contribution in [0.15, 0.2) is 16.6 Å². The highest BCUT2D eigenvalue weighted by molar-refractivity contribution is 7.89. The van der Waals surface area contributed by atoms with Gasteiger partial charge in [-0.15, -0.1) is 11.3 Å². The maximum absolute atomic E-state index is 12.9. The third kappa shape index (κ3) is 1.93. The van der Waals surface area contributed by atoms with Gasteiger partial charge in [0.25, 0.3) is 10.0 Å². The fourth-order valence-electron chi connectivity index (χ4n) is 2.81. The molecule has 1 fully saturated rings. The minimum atomic E-state index is -3.62. The largest absolute Gasteiger partial charge is 0.306 e. The van der Waals surface area contributed by atoms with Gasteiger partial charge in [-0.2, -0.15) is 9.29 Å². The quantitative estimate of drug-likeness (QED) is 0.653. The number of imidazole rings is 1. The molecule has 2 atom stereocenters. The molecule has 1 aliphatic rings. The van der Waals surface area contributed by atoms with E-state index in [-0.39, 0.29) is 16.9 Å². The number of nitrogens with two attached hydrogens (primary N) is 1. The summed E-state index contributed by atoms with van der Waals surface area (Å²) in [6.45, 7) is 4.53. The Morgan fingerprint density at radius 3 is 2.85 bits per heavy atom. The first-order valence-electron chi connectivity index (χ1n) is 6.39. The number of aromatic nitrogens is 2. The van der Waals surface area contributed by atoms with Gasteiger partial charge in [-0.25, -0.2) is 14.3 Å². The maximum atomic E-state index is 12.9. The topological polar surface area (TPSA) is 92.7 Å². The smallest absolute Gasteiger partial charge is 0.263 e. The lowest BCUT2D eigenvalue weighted by atomic mass is 10.1. The first kappa shape index (κ1) is 13.8. The van der Waals surface area contributed by atoms with Crippen LogP contribution in [0.1, 0.15) is 20.3 Å². The molecule has 2 unspecified atom stereocenters. The Kier molecular flexibility index (Phi) is 3.24. The minimum absolute atomic E-state index is 0.00943. The van der Waals surface area contributed by atoms with Crippen molar-refractivity contribution in [2.45, 2.75) is 31.3 Å². The maximum Gasteiger partial charge on any atom is 0.263 e. The van der Waals surface area contributed by atoms with Crippen LogP contribution in [-0.2, 0) is 10.0 Å². The van der Waals surface area contributed by atoms with Gasteiger partial charge in [0, 0.05) is 24.2 Å². The number of hydrogen-bond donors (Lipinski definition) is 2. The lowest BCUT2D eigenvalue weighted by Gasteiger charge is -2.20. The Morgan fingerprint density at radius 1 is 1.50 bits per heavy atom. The van der Waals surface area contributed by atoms with Crippen LogP contribution in [0.5, 0.6) is 0 Å². The van der Waals surface area contributed by atoms with Gasteiger partial charge in [0.2, 0.25) is 5.03 Å². The molecule has 1 saturated heterocycles. The van der Waals surface area contributed by atoms with E-state index in [1.165, 1.54) is 11.3 Å². The van der Waals surface area contributed by atoms with Gasteiger partial charge < -0.3 is 5.43 Å². The van der Waals surface area contributed by atoms with E-state index in [1.54, 1.807) is 20.3 Å². The summed E-state index contributed by atoms with van der Waals surface area (Å²) in [5.41, 5.74) is 2.40. The highest BCUT2D eigenvalue weighted by atomic mass is 32.2. The SMILES string of the molecule is CC1CC(C)N(S(=O)(=O)c2c(NN)nc3sccn23)C1. The van der Waals surface area contributed by atoms with Crippen LogP contribution >= 0.6 is 11.3 Å². The van der Waals surface area contributed by atoms with Crippen molar-refractivity contribution in [1.82, 2.24) is 13.7 Å². The number of anilines is 1. The molecule has 2 aromatic heterocycles. The van der Waals surface area contributed by atoms with Gasteiger partial charge in [-0.3, -0.25) is 4.40 Å². The van der Waals surface area contributed by atoms with E-state index in [0.717, 1.165) is 6.42 Å². The fraction of sp³-hybridized carbons (Fsp3) is 0.545. The Balaban J connectivity index is 2.16. The molecule has 0 spiro atoms. The summed E-state index contributed by atoms with van der Waals surface area (Å²) in [7, 11) is -3.62. The first-order chi connectivity index (χ1) is 9.45. The van der Waals surface area contributed by atoms with Gasteiger partial charge >= 0.3 is 0 Å². The van der Waals surface area contributed by atoms with Crippen molar-refractivity contribution >= 4 is 32.1 Å². The molecule has 3 rings (SSSR count). The number of hydrazine groups is 1. The molecule has 0 aromatic carbocycles. The molecule has 1 aliphatic heterocycles. The lowest BCUT2D eigenvalue weighted by Crippen LogP contribution is -2.35. The normalized spacial score (nSPS) is 24.6. The zero-order valence-corrected chi connectivity index (χ0v) is 12.9. The standard InChI is InChI=1S/C11H17N5O2S2/c1-7-5-8(2)16(6-7)20(17,18)10-9(14-12)13-11-15(10)3-4-19-11/h3-4,7-8,14H,5-6,12H2,1-2H3. The lowest BCUT2D eigenvalue weighted by molar-refractivity contribution is 0.403. The Labute approximate surface area is 121 Å². The van der Waals surface area contributed by atoms with Crippen LogP contribution in [0.4, 0.5) is 5.82 Å². The van der Waals surface area contributed by atoms with E-state index in [2.05, 4.69) is 17.3 Å². The second-order valence-electron chi connectivity index (χ2n) is 5.23. The predicted molar refractivity (Wildman–Crippen MR) is 78.0 cm³/mol. The van der Waals surface area contributed by atoms with Crippen molar-refractivity contribution in [3.05, 3.63) is 11.6 Å². The van der Waals surface area contributed by atoms with Gasteiger partial charge in [0.15, 0.2) is 10.8 Å². The van der Waals surface area contributed by atoms with E-state index in [1.807, 2.05) is 6.92 Å². The summed E-state index contributed by atoms with van der Waals surface area (Å²) in [5, 5.41) is 1.93. The molecule has 3 N–H and O–H groups in total. The highest BCUT2D eigenvalue weighted by Gasteiger charge is 2.39. The Hall–Kier alpha value is -1.16. The van der Waals surface area contributed by atoms with Crippen molar-refractivity contribution < 1.29 is 8.42 Å². The molecule has 0 saturated carbocycles. The summed E-state index contributed by atoms with van der Waals surface area (Å²) >= 11 is 1.37. The van der Waals surface area contributed by atoms with Gasteiger partial charge in [-0.05, 0) is 19.3 Å². The molecule has 0 bridgehead atoms. The number of sulfonamides is 1. The Morgan fingerprint density at radius 2 is 2.25 bits per heavy atom. The fourth-order valence-corrected chi connectivity index (χ4v) is 5.56. The van der Waals surface area contributed by atoms with Crippen molar-refractivity contribution in [2.75, 3.05) is 12.0 Å². The molecule has 7 nitrogen and oxygen atoms in total. The molecule has 110 valence electrons. The molecular formula is C11H17N5O2S2. The van der Waals surface area contributed by atoms with Crippen LogP contribution in [-0.4, -0.2) is 34.7 Å². The van der Waals surface area contributed by atoms with Crippen molar-refractivity contribution in [2.24, 2.45) is 11.8 Å². The van der Waals surface area contributed by atoms with Crippen LogP contribution in [0.3, 0.4) is 0 Å². The number of rotatable bonds is 3. The molecule has 3 heterocycles. The number of nitrogens with one attached hydrogen (secondary N) is 1. The third-order valence-electron chi connectivity index (χ3n) is 3.63. The molecular weight excluding hydrogens is 298 g/mol. The van der Waals surface area contributed by atoms with Crippen molar-refractivity contribution in [3.63, 3.8) is 0 Å². The molecule has 2 aromatic rings. The number of nitrogen functional groups attached to an aromatic ring is 1. The number of hydrogen-bond acceptors (Lipinski definition) is 6. The Bertz CT molecular complexity index is 735. The third-order valence-corrected chi connectivity index (χ3v) is 6.40. The molecule has 0 radical (unpaired) electrons. The van der Waals surface area contributed by atoms with Crippen molar-refractivity contribution in [1.29, 1.82) is 0 Å². The first-order valence-corrected chi connectivity index (χ1v) is 8.71. The zero-order valence-electron chi connectivity index (χ0n) is 11.3. The average Bonchev–Trinajstić information content (AvgIpc) is 3.01. The highest BCUT2D eigenvalue weighted by Crippen LogP contribution is 2.33. The summed E-state index contributed by atoms with van der Waals surface area (Å²) in [4.78, 5) is 4.82. The molecule has 9 heteroatoms. The van der Waals surface area contributed by atoms with Gasteiger partial charge in [0.1, 0.15) is 0 Å². The van der Waals surface area contributed by atoms with E-state index in [9.17, 15) is 8.42 Å². The summed E-state index contributed by atoms with van der Waals surface area (Å²) in [6, 6.07) is -0.00943. The number of fused-ring (bicyclic) bond motifs is 1. The molecule has 20 heavy (non-hydrogen) atoms. The van der Waals surface area contributed by atoms with E-state index < -0.39 is 10.0 Å². The van der Waals surface area contributed by atoms with Crippen LogP contribution in [0, 0.1) is 5.92 Å². The minimum Gasteiger partial charge on any atom is -0.306 e. The zero-order chi connectivity index (χ0) is 14.5. The van der Waals surface area contributed by atoms with Crippen LogP contribution < -0.4 is 11.3 Å². The predicted octanol–water partition coefficient (Wildman–Crippen LogP) is 1.10. The van der Waals surface area contributed by atoms with Gasteiger partial charge in [0.05, 0.1) is 0 Å². The van der Waals surface area contributed by atoms with E-state index in [4.69, 9.17) is 5.84 Å². The van der Waals surface area contributed by atoms with E-state index in [0.29, 0.717) is 17.4 Å². The summed E-state index contributed by atoms with van der Waals surface area (Å²) in [6.07, 6.45) is 2.57. The van der Waals surface area contributed by atoms with Crippen molar-refractivity contribution in [3.8, 4) is 0 Å². The van der Waals surface area contributed by atoms with Crippen LogP contribution in [0.25, 0.3) is 4.96 Å². The second kappa shape index (κ2) is 4.69. The number of thiazole rings is 1. The van der Waals surface area contributed by atoms with Gasteiger partial charge in [-0.1, -0.05) is 6.92 Å². The summed E-state index contributed by atoms with van der Waals surface area (Å²) in [5.74, 6) is 5.99. The average molecular weight is 315 g/mol. The number of nitrogens with zero attached hydrogens (tertiary/aromatic N) is 3. The summed E-state index contributed by atoms with van der Waals surface area (Å²) < 4.78 is 29.0. The molecule has 0 amide bonds. The van der Waals surface area contributed by atoms with Crippen LogP contribution in [0.2, 0.25) is 0 Å².